The van der Waals surface area contributed by atoms with Crippen LogP contribution in [0.5, 0.6) is 0 Å². The van der Waals surface area contributed by atoms with Crippen molar-refractivity contribution in [2.24, 2.45) is 5.92 Å². The molecule has 0 aromatic carbocycles. The van der Waals surface area contributed by atoms with Crippen molar-refractivity contribution in [3.8, 4) is 0 Å². The second-order valence-corrected chi connectivity index (χ2v) is 8.05. The Kier molecular flexibility index (Phi) is 4.17. The van der Waals surface area contributed by atoms with Crippen LogP contribution in [0.4, 0.5) is 0 Å². The maximum Gasteiger partial charge on any atom is 0.306 e. The van der Waals surface area contributed by atoms with Crippen LogP contribution in [0.15, 0.2) is 0 Å². The highest BCUT2D eigenvalue weighted by Gasteiger charge is 2.37. The van der Waals surface area contributed by atoms with Crippen molar-refractivity contribution in [3.05, 3.63) is 0 Å². The molecule has 1 atom stereocenters. The van der Waals surface area contributed by atoms with Crippen LogP contribution in [0.3, 0.4) is 0 Å². The van der Waals surface area contributed by atoms with Gasteiger partial charge in [-0.1, -0.05) is 0 Å². The number of aliphatic hydroxyl groups is 1. The fraction of sp³-hybridized carbons (Fsp3) is 0.917. The van der Waals surface area contributed by atoms with Crippen molar-refractivity contribution in [2.45, 2.75) is 43.7 Å². The Morgan fingerprint density at radius 1 is 1.26 bits per heavy atom. The van der Waals surface area contributed by atoms with Gasteiger partial charge in [0.1, 0.15) is 0 Å². The Balaban J connectivity index is 1.79. The van der Waals surface area contributed by atoms with E-state index in [1.165, 1.54) is 0 Å². The number of carbonyl (C=O) groups is 1. The molecular formula is C12H21NO5S. The lowest BCUT2D eigenvalue weighted by Crippen LogP contribution is -2.47. The van der Waals surface area contributed by atoms with Gasteiger partial charge in [-0.05, 0) is 32.1 Å². The lowest BCUT2D eigenvalue weighted by molar-refractivity contribution is -0.144. The van der Waals surface area contributed by atoms with Gasteiger partial charge in [-0.3, -0.25) is 4.79 Å². The first-order valence-corrected chi connectivity index (χ1v) is 8.51. The van der Waals surface area contributed by atoms with Crippen LogP contribution in [0, 0.1) is 5.92 Å². The number of rotatable bonds is 4. The predicted octanol–water partition coefficient (Wildman–Crippen LogP) is -0.231. The Morgan fingerprint density at radius 2 is 1.89 bits per heavy atom. The molecule has 3 N–H and O–H groups in total. The summed E-state index contributed by atoms with van der Waals surface area (Å²) in [6.07, 6.45) is 2.47. The number of sulfone groups is 1. The van der Waals surface area contributed by atoms with Crippen LogP contribution in [0.1, 0.15) is 32.1 Å². The highest BCUT2D eigenvalue weighted by molar-refractivity contribution is 7.91. The molecule has 1 aliphatic heterocycles. The van der Waals surface area contributed by atoms with Crippen LogP contribution in [-0.4, -0.2) is 54.3 Å². The van der Waals surface area contributed by atoms with Gasteiger partial charge < -0.3 is 15.5 Å². The zero-order valence-electron chi connectivity index (χ0n) is 10.8. The fourth-order valence-electron chi connectivity index (χ4n) is 2.87. The Bertz CT molecular complexity index is 439. The summed E-state index contributed by atoms with van der Waals surface area (Å²) >= 11 is 0. The van der Waals surface area contributed by atoms with E-state index < -0.39 is 21.4 Å². The molecule has 1 saturated heterocycles. The molecule has 0 amide bonds. The number of nitrogens with one attached hydrogen (secondary N) is 1. The molecule has 1 aliphatic carbocycles. The monoisotopic (exact) mass is 291 g/mol. The summed E-state index contributed by atoms with van der Waals surface area (Å²) in [6, 6.07) is -0.0776. The van der Waals surface area contributed by atoms with Crippen molar-refractivity contribution >= 4 is 15.8 Å². The van der Waals surface area contributed by atoms with E-state index >= 15 is 0 Å². The van der Waals surface area contributed by atoms with Gasteiger partial charge in [0.25, 0.3) is 0 Å². The Morgan fingerprint density at radius 3 is 2.37 bits per heavy atom. The summed E-state index contributed by atoms with van der Waals surface area (Å²) in [6.45, 7) is 0.347. The van der Waals surface area contributed by atoms with Gasteiger partial charge in [0.2, 0.25) is 0 Å². The molecule has 1 heterocycles. The minimum Gasteiger partial charge on any atom is -0.481 e. The number of aliphatic carboxylic acids is 1. The van der Waals surface area contributed by atoms with Crippen molar-refractivity contribution < 1.29 is 23.4 Å². The van der Waals surface area contributed by atoms with Gasteiger partial charge in [0.05, 0.1) is 23.0 Å². The SMILES string of the molecule is O=C(O)C1CCC(O)(CNC2CCS(=O)(=O)C2)CC1. The Labute approximate surface area is 113 Å². The minimum absolute atomic E-state index is 0.0776. The van der Waals surface area contributed by atoms with Gasteiger partial charge >= 0.3 is 5.97 Å². The summed E-state index contributed by atoms with van der Waals surface area (Å²) in [5.74, 6) is -0.797. The lowest BCUT2D eigenvalue weighted by atomic mass is 9.78. The van der Waals surface area contributed by atoms with E-state index in [0.29, 0.717) is 38.6 Å². The highest BCUT2D eigenvalue weighted by Crippen LogP contribution is 2.32. The molecular weight excluding hydrogens is 270 g/mol. The van der Waals surface area contributed by atoms with Crippen molar-refractivity contribution in [2.75, 3.05) is 18.1 Å². The van der Waals surface area contributed by atoms with E-state index in [4.69, 9.17) is 5.11 Å². The Hall–Kier alpha value is -0.660. The third-order valence-corrected chi connectivity index (χ3v) is 5.99. The van der Waals surface area contributed by atoms with Crippen LogP contribution in [0.2, 0.25) is 0 Å². The number of hydrogen-bond donors (Lipinski definition) is 3. The minimum atomic E-state index is -2.91. The standard InChI is InChI=1S/C12H21NO5S/c14-11(15)9-1-4-12(16,5-2-9)8-13-10-3-6-19(17,18)7-10/h9-10,13,16H,1-8H2,(H,14,15). The molecule has 0 aromatic rings. The first kappa shape index (κ1) is 14.7. The quantitative estimate of drug-likeness (QED) is 0.661. The number of carboxylic acid groups (broad SMARTS) is 1. The summed E-state index contributed by atoms with van der Waals surface area (Å²) in [5, 5.41) is 22.4. The smallest absolute Gasteiger partial charge is 0.306 e. The lowest BCUT2D eigenvalue weighted by Gasteiger charge is -2.35. The third kappa shape index (κ3) is 3.90. The third-order valence-electron chi connectivity index (χ3n) is 4.22. The maximum atomic E-state index is 11.3. The van der Waals surface area contributed by atoms with Crippen LogP contribution < -0.4 is 5.32 Å². The molecule has 110 valence electrons. The number of hydrogen-bond acceptors (Lipinski definition) is 5. The van der Waals surface area contributed by atoms with Gasteiger partial charge in [-0.15, -0.1) is 0 Å². The second-order valence-electron chi connectivity index (χ2n) is 5.82. The molecule has 0 radical (unpaired) electrons. The first-order valence-electron chi connectivity index (χ1n) is 6.69. The molecule has 1 unspecified atom stereocenters. The number of carboxylic acids is 1. The molecule has 0 bridgehead atoms. The van der Waals surface area contributed by atoms with Crippen molar-refractivity contribution in [1.29, 1.82) is 0 Å². The average Bonchev–Trinajstić information content (AvgIpc) is 2.67. The van der Waals surface area contributed by atoms with E-state index in [9.17, 15) is 18.3 Å². The largest absolute Gasteiger partial charge is 0.481 e. The first-order chi connectivity index (χ1) is 8.80. The van der Waals surface area contributed by atoms with Crippen molar-refractivity contribution in [3.63, 3.8) is 0 Å². The maximum absolute atomic E-state index is 11.3. The van der Waals surface area contributed by atoms with Crippen molar-refractivity contribution in [1.82, 2.24) is 5.32 Å². The molecule has 1 saturated carbocycles. The zero-order chi connectivity index (χ0) is 14.1. The molecule has 6 nitrogen and oxygen atoms in total. The topological polar surface area (TPSA) is 104 Å². The summed E-state index contributed by atoms with van der Waals surface area (Å²) in [5.41, 5.74) is -0.891. The highest BCUT2D eigenvalue weighted by atomic mass is 32.2. The molecule has 2 fully saturated rings. The van der Waals surface area contributed by atoms with Gasteiger partial charge in [0.15, 0.2) is 9.84 Å². The van der Waals surface area contributed by atoms with E-state index in [1.54, 1.807) is 0 Å². The summed E-state index contributed by atoms with van der Waals surface area (Å²) in [4.78, 5) is 10.8. The van der Waals surface area contributed by atoms with Crippen LogP contribution >= 0.6 is 0 Å². The van der Waals surface area contributed by atoms with Crippen LogP contribution in [0.25, 0.3) is 0 Å². The zero-order valence-corrected chi connectivity index (χ0v) is 11.7. The average molecular weight is 291 g/mol. The van der Waals surface area contributed by atoms with Gasteiger partial charge in [-0.2, -0.15) is 0 Å². The summed E-state index contributed by atoms with van der Waals surface area (Å²) < 4.78 is 22.6. The molecule has 2 rings (SSSR count). The van der Waals surface area contributed by atoms with E-state index in [0.717, 1.165) is 0 Å². The molecule has 7 heteroatoms. The molecule has 0 aromatic heterocycles. The molecule has 19 heavy (non-hydrogen) atoms. The van der Waals surface area contributed by atoms with E-state index in [2.05, 4.69) is 5.32 Å². The molecule has 2 aliphatic rings. The van der Waals surface area contributed by atoms with E-state index in [-0.39, 0.29) is 23.5 Å². The molecule has 0 spiro atoms. The predicted molar refractivity (Wildman–Crippen MR) is 69.6 cm³/mol. The summed E-state index contributed by atoms with van der Waals surface area (Å²) in [7, 11) is -2.91. The van der Waals surface area contributed by atoms with Gasteiger partial charge in [0, 0.05) is 12.6 Å². The van der Waals surface area contributed by atoms with E-state index in [1.807, 2.05) is 0 Å². The fourth-order valence-corrected chi connectivity index (χ4v) is 4.58. The van der Waals surface area contributed by atoms with Crippen LogP contribution in [-0.2, 0) is 14.6 Å². The normalized spacial score (nSPS) is 38.2. The van der Waals surface area contributed by atoms with Gasteiger partial charge in [-0.25, -0.2) is 8.42 Å². The second kappa shape index (κ2) is 5.38.